The van der Waals surface area contributed by atoms with E-state index in [0.29, 0.717) is 12.6 Å². The zero-order valence-corrected chi connectivity index (χ0v) is 15.8. The maximum Gasteiger partial charge on any atom is 0.332 e. The first kappa shape index (κ1) is 21.5. The Labute approximate surface area is 168 Å². The molecule has 0 aliphatic heterocycles. The quantitative estimate of drug-likeness (QED) is 0.433. The fourth-order valence-corrected chi connectivity index (χ4v) is 2.80. The lowest BCUT2D eigenvalue weighted by molar-refractivity contribution is -0.135. The summed E-state index contributed by atoms with van der Waals surface area (Å²) in [7, 11) is 0. The molecular weight excluding hydrogens is 368 g/mol. The second kappa shape index (κ2) is 10.5. The second-order valence-corrected chi connectivity index (χ2v) is 6.08. The summed E-state index contributed by atoms with van der Waals surface area (Å²) in [6.07, 6.45) is 5.86. The molecule has 0 bridgehead atoms. The van der Waals surface area contributed by atoms with Crippen molar-refractivity contribution in [2.45, 2.75) is 13.0 Å². The van der Waals surface area contributed by atoms with Crippen molar-refractivity contribution in [3.05, 3.63) is 90.8 Å². The van der Waals surface area contributed by atoms with Gasteiger partial charge in [-0.2, -0.15) is 0 Å². The average Bonchev–Trinajstić information content (AvgIpc) is 2.73. The summed E-state index contributed by atoms with van der Waals surface area (Å²) in [4.78, 5) is 24.6. The Kier molecular flexibility index (Phi) is 7.82. The highest BCUT2D eigenvalue weighted by Crippen LogP contribution is 2.29. The number of carbonyl (C=O) groups is 2. The van der Waals surface area contributed by atoms with Gasteiger partial charge in [0.1, 0.15) is 0 Å². The third-order valence-electron chi connectivity index (χ3n) is 4.13. The first-order valence-corrected chi connectivity index (χ1v) is 8.86. The molecule has 2 aromatic carbocycles. The summed E-state index contributed by atoms with van der Waals surface area (Å²) in [6, 6.07) is 16.5. The first-order valence-electron chi connectivity index (χ1n) is 8.86. The van der Waals surface area contributed by atoms with Crippen molar-refractivity contribution in [3.63, 3.8) is 0 Å². The van der Waals surface area contributed by atoms with Crippen molar-refractivity contribution < 1.29 is 19.8 Å². The van der Waals surface area contributed by atoms with E-state index in [-0.39, 0.29) is 12.0 Å². The van der Waals surface area contributed by atoms with Gasteiger partial charge in [0, 0.05) is 41.5 Å². The minimum Gasteiger partial charge on any atom is -0.478 e. The fourth-order valence-electron chi connectivity index (χ4n) is 2.80. The summed E-state index contributed by atoms with van der Waals surface area (Å²) in [5.41, 5.74) is 9.10. The van der Waals surface area contributed by atoms with E-state index >= 15 is 0 Å². The van der Waals surface area contributed by atoms with Crippen LogP contribution in [-0.4, -0.2) is 27.1 Å². The maximum absolute atomic E-state index is 10.2. The summed E-state index contributed by atoms with van der Waals surface area (Å²) in [5.74, 6) is -2.49. The molecule has 0 spiro atoms. The molecule has 3 rings (SSSR count). The number of aliphatic carboxylic acids is 2. The van der Waals surface area contributed by atoms with Crippen molar-refractivity contribution in [1.29, 1.82) is 0 Å². The van der Waals surface area contributed by atoms with E-state index in [4.69, 9.17) is 15.9 Å². The molecule has 0 fully saturated rings. The molecule has 1 aromatic heterocycles. The lowest BCUT2D eigenvalue weighted by Gasteiger charge is -2.10. The Hall–Kier alpha value is -3.77. The van der Waals surface area contributed by atoms with Crippen LogP contribution in [0, 0.1) is 0 Å². The molecule has 6 nitrogen and oxygen atoms in total. The molecule has 148 valence electrons. The molecule has 0 atom stereocenters. The molecule has 6 heteroatoms. The number of hydrogen-bond donors (Lipinski definition) is 3. The van der Waals surface area contributed by atoms with Gasteiger partial charge < -0.3 is 15.9 Å². The lowest BCUT2D eigenvalue weighted by atomic mass is 9.97. The molecule has 4 N–H and O–H groups in total. The van der Waals surface area contributed by atoms with Crippen molar-refractivity contribution in [2.24, 2.45) is 5.73 Å². The Balaban J connectivity index is 0.000000237. The topological polar surface area (TPSA) is 114 Å². The van der Waals surface area contributed by atoms with Gasteiger partial charge in [-0.15, -0.1) is 6.58 Å². The Morgan fingerprint density at radius 2 is 1.69 bits per heavy atom. The Morgan fingerprint density at radius 3 is 2.34 bits per heavy atom. The van der Waals surface area contributed by atoms with Gasteiger partial charge in [-0.25, -0.2) is 9.59 Å². The van der Waals surface area contributed by atoms with Crippen LogP contribution in [0.1, 0.15) is 12.0 Å². The van der Waals surface area contributed by atoms with Crippen LogP contribution in [0.2, 0.25) is 0 Å². The fraction of sp³-hybridized carbons (Fsp3) is 0.0870. The van der Waals surface area contributed by atoms with Crippen LogP contribution in [0.5, 0.6) is 0 Å². The summed E-state index contributed by atoms with van der Waals surface area (Å²) >= 11 is 0. The molecule has 3 aromatic rings. The standard InChI is InChI=1S/C16H14N2.C7H8O4/c17-9-12-5-1-3-7-14(12)16-11-18-10-13-6-2-4-8-15(13)16;1-2-3-5(7(10)11)4-6(8)9/h1-8,10-11H,9,17H2;2,4H,1,3H2,(H,8,9)(H,10,11)/b;5-4+. The van der Waals surface area contributed by atoms with E-state index < -0.39 is 11.9 Å². The third kappa shape index (κ3) is 5.85. The molecular formula is C23H22N2O4. The minimum absolute atomic E-state index is 0.0572. The van der Waals surface area contributed by atoms with Gasteiger partial charge in [-0.05, 0) is 22.9 Å². The van der Waals surface area contributed by atoms with Gasteiger partial charge in [0.25, 0.3) is 0 Å². The molecule has 1 heterocycles. The zero-order chi connectivity index (χ0) is 21.2. The summed E-state index contributed by atoms with van der Waals surface area (Å²) in [5, 5.41) is 18.9. The number of nitrogens with two attached hydrogens (primary N) is 1. The van der Waals surface area contributed by atoms with E-state index in [0.717, 1.165) is 16.5 Å². The Morgan fingerprint density at radius 1 is 1.00 bits per heavy atom. The first-order chi connectivity index (χ1) is 14.0. The third-order valence-corrected chi connectivity index (χ3v) is 4.13. The number of rotatable bonds is 6. The second-order valence-electron chi connectivity index (χ2n) is 6.08. The molecule has 0 saturated carbocycles. The number of hydrogen-bond acceptors (Lipinski definition) is 4. The normalized spacial score (nSPS) is 10.7. The summed E-state index contributed by atoms with van der Waals surface area (Å²) in [6.45, 7) is 3.83. The van der Waals surface area contributed by atoms with Crippen molar-refractivity contribution in [3.8, 4) is 11.1 Å². The van der Waals surface area contributed by atoms with Gasteiger partial charge in [-0.1, -0.05) is 54.6 Å². The van der Waals surface area contributed by atoms with E-state index in [9.17, 15) is 9.59 Å². The monoisotopic (exact) mass is 390 g/mol. The predicted molar refractivity (Wildman–Crippen MR) is 113 cm³/mol. The predicted octanol–water partition coefficient (Wildman–Crippen LogP) is 4.02. The molecule has 0 saturated heterocycles. The highest BCUT2D eigenvalue weighted by atomic mass is 16.4. The zero-order valence-electron chi connectivity index (χ0n) is 15.8. The van der Waals surface area contributed by atoms with Gasteiger partial charge in [0.15, 0.2) is 0 Å². The number of carboxylic acid groups (broad SMARTS) is 2. The number of fused-ring (bicyclic) bond motifs is 1. The molecule has 0 aliphatic carbocycles. The maximum atomic E-state index is 10.2. The molecule has 0 unspecified atom stereocenters. The number of carboxylic acids is 2. The van der Waals surface area contributed by atoms with Crippen LogP contribution < -0.4 is 5.73 Å². The van der Waals surface area contributed by atoms with Crippen molar-refractivity contribution in [2.75, 3.05) is 0 Å². The van der Waals surface area contributed by atoms with Gasteiger partial charge in [0.05, 0.1) is 0 Å². The van der Waals surface area contributed by atoms with Gasteiger partial charge in [0.2, 0.25) is 0 Å². The summed E-state index contributed by atoms with van der Waals surface area (Å²) < 4.78 is 0. The highest BCUT2D eigenvalue weighted by Gasteiger charge is 2.07. The van der Waals surface area contributed by atoms with E-state index in [1.807, 2.05) is 30.6 Å². The lowest BCUT2D eigenvalue weighted by Crippen LogP contribution is -2.02. The largest absolute Gasteiger partial charge is 0.478 e. The van der Waals surface area contributed by atoms with Crippen LogP contribution in [0.25, 0.3) is 21.9 Å². The average molecular weight is 390 g/mol. The molecule has 0 radical (unpaired) electrons. The van der Waals surface area contributed by atoms with E-state index in [1.54, 1.807) is 0 Å². The minimum atomic E-state index is -1.26. The molecule has 0 aliphatic rings. The SMILES string of the molecule is C=CC/C(=C\C(=O)O)C(=O)O.NCc1ccccc1-c1cncc2ccccc12. The highest BCUT2D eigenvalue weighted by molar-refractivity contribution is 5.96. The number of nitrogens with zero attached hydrogens (tertiary/aromatic N) is 1. The smallest absolute Gasteiger partial charge is 0.332 e. The van der Waals surface area contributed by atoms with Crippen LogP contribution in [-0.2, 0) is 16.1 Å². The van der Waals surface area contributed by atoms with Crippen LogP contribution in [0.3, 0.4) is 0 Å². The van der Waals surface area contributed by atoms with Crippen LogP contribution >= 0.6 is 0 Å². The number of pyridine rings is 1. The van der Waals surface area contributed by atoms with Gasteiger partial charge >= 0.3 is 11.9 Å². The number of allylic oxidation sites excluding steroid dienone is 1. The number of benzene rings is 2. The number of aromatic nitrogens is 1. The molecule has 0 amide bonds. The molecule has 29 heavy (non-hydrogen) atoms. The van der Waals surface area contributed by atoms with E-state index in [2.05, 4.69) is 41.9 Å². The van der Waals surface area contributed by atoms with Gasteiger partial charge in [-0.3, -0.25) is 4.98 Å². The van der Waals surface area contributed by atoms with Crippen LogP contribution in [0.4, 0.5) is 0 Å². The van der Waals surface area contributed by atoms with Crippen molar-refractivity contribution in [1.82, 2.24) is 4.98 Å². The van der Waals surface area contributed by atoms with Crippen molar-refractivity contribution >= 4 is 22.7 Å². The van der Waals surface area contributed by atoms with E-state index in [1.165, 1.54) is 17.0 Å². The Bertz CT molecular complexity index is 1050. The van der Waals surface area contributed by atoms with Crippen LogP contribution in [0.15, 0.2) is 85.2 Å².